The van der Waals surface area contributed by atoms with Gasteiger partial charge in [0.05, 0.1) is 23.9 Å². The lowest BCUT2D eigenvalue weighted by Gasteiger charge is -2.21. The van der Waals surface area contributed by atoms with E-state index >= 15 is 0 Å². The molecule has 1 N–H and O–H groups in total. The highest BCUT2D eigenvalue weighted by Crippen LogP contribution is 2.41. The molecule has 0 unspecified atom stereocenters. The summed E-state index contributed by atoms with van der Waals surface area (Å²) >= 11 is 0. The van der Waals surface area contributed by atoms with Gasteiger partial charge in [0.15, 0.2) is 0 Å². The van der Waals surface area contributed by atoms with Crippen LogP contribution in [0.4, 0.5) is 23.7 Å². The van der Waals surface area contributed by atoms with Gasteiger partial charge < -0.3 is 24.4 Å². The van der Waals surface area contributed by atoms with E-state index < -0.39 is 35.5 Å². The first-order valence-electron chi connectivity index (χ1n) is 11.7. The summed E-state index contributed by atoms with van der Waals surface area (Å²) in [4.78, 5) is 38.6. The predicted molar refractivity (Wildman–Crippen MR) is 133 cm³/mol. The number of nitrogens with zero attached hydrogens (tertiary/aromatic N) is 1. The number of urea groups is 1. The summed E-state index contributed by atoms with van der Waals surface area (Å²) in [6.45, 7) is 3.62. The fraction of sp³-hybridized carbons (Fsp3) is 0.370. The van der Waals surface area contributed by atoms with E-state index in [9.17, 15) is 27.6 Å². The third-order valence-electron chi connectivity index (χ3n) is 6.11. The van der Waals surface area contributed by atoms with Crippen LogP contribution in [0.25, 0.3) is 0 Å². The van der Waals surface area contributed by atoms with E-state index in [1.54, 1.807) is 34.0 Å². The van der Waals surface area contributed by atoms with E-state index in [0.717, 1.165) is 17.7 Å². The highest BCUT2D eigenvalue weighted by Gasteiger charge is 2.35. The largest absolute Gasteiger partial charge is 0.496 e. The number of halogens is 3. The topological polar surface area (TPSA) is 94.2 Å². The number of nitrogens with one attached hydrogen (secondary N) is 1. The first kappa shape index (κ1) is 28.5. The molecule has 0 spiro atoms. The monoisotopic (exact) mass is 534 g/mol. The number of alkyl halides is 3. The van der Waals surface area contributed by atoms with E-state index in [1.807, 2.05) is 0 Å². The zero-order chi connectivity index (χ0) is 28.2. The Morgan fingerprint density at radius 2 is 1.87 bits per heavy atom. The van der Waals surface area contributed by atoms with Crippen molar-refractivity contribution in [3.05, 3.63) is 63.7 Å². The normalized spacial score (nSPS) is 13.1. The number of para-hydroxylation sites is 1. The van der Waals surface area contributed by atoms with Crippen molar-refractivity contribution >= 4 is 23.7 Å². The maximum atomic E-state index is 13.2. The molecule has 0 bridgehead atoms. The van der Waals surface area contributed by atoms with E-state index in [1.165, 1.54) is 24.1 Å². The molecule has 204 valence electrons. The van der Waals surface area contributed by atoms with E-state index in [-0.39, 0.29) is 37.1 Å². The summed E-state index contributed by atoms with van der Waals surface area (Å²) in [5, 5.41) is 2.77. The number of carbonyl (C=O) groups excluding carboxylic acids is 3. The first-order chi connectivity index (χ1) is 17.8. The smallest absolute Gasteiger partial charge is 0.419 e. The standard InChI is InChI=1S/C27H29F3N2O6/c1-15(11-13-21(33)38-20-9-7-6-8-19(20)27(28,29)30)10-12-17-23(31-26(35)32(3)4)22-18(14-37-25(22)34)16(2)24(17)36-5/h6-10H,11-14H2,1-5H3,(H,31,35). The number of rotatable bonds is 8. The molecule has 11 heteroatoms. The molecule has 0 saturated heterocycles. The number of hydrogen-bond acceptors (Lipinski definition) is 6. The summed E-state index contributed by atoms with van der Waals surface area (Å²) in [6.07, 6.45) is -2.53. The van der Waals surface area contributed by atoms with Crippen LogP contribution in [0.3, 0.4) is 0 Å². The van der Waals surface area contributed by atoms with Gasteiger partial charge in [0.1, 0.15) is 18.1 Å². The molecule has 8 nitrogen and oxygen atoms in total. The number of benzene rings is 2. The van der Waals surface area contributed by atoms with Crippen molar-refractivity contribution in [2.24, 2.45) is 0 Å². The second-order valence-electron chi connectivity index (χ2n) is 8.99. The molecular weight excluding hydrogens is 505 g/mol. The van der Waals surface area contributed by atoms with E-state index in [4.69, 9.17) is 14.2 Å². The minimum Gasteiger partial charge on any atom is -0.496 e. The van der Waals surface area contributed by atoms with Gasteiger partial charge in [-0.1, -0.05) is 23.8 Å². The number of hydrogen-bond donors (Lipinski definition) is 1. The Hall–Kier alpha value is -4.02. The Morgan fingerprint density at radius 3 is 2.50 bits per heavy atom. The fourth-order valence-corrected chi connectivity index (χ4v) is 4.05. The summed E-state index contributed by atoms with van der Waals surface area (Å²) in [6, 6.07) is 4.08. The minimum absolute atomic E-state index is 0.0654. The molecule has 1 aliphatic heterocycles. The quantitative estimate of drug-likeness (QED) is 0.267. The van der Waals surface area contributed by atoms with E-state index in [0.29, 0.717) is 22.4 Å². The van der Waals surface area contributed by atoms with Gasteiger partial charge in [-0.3, -0.25) is 4.79 Å². The Kier molecular flexibility index (Phi) is 8.70. The van der Waals surface area contributed by atoms with Crippen LogP contribution in [0.2, 0.25) is 0 Å². The van der Waals surface area contributed by atoms with Crippen molar-refractivity contribution in [1.82, 2.24) is 4.90 Å². The molecule has 1 heterocycles. The molecule has 38 heavy (non-hydrogen) atoms. The Morgan fingerprint density at radius 1 is 1.18 bits per heavy atom. The second kappa shape index (κ2) is 11.6. The molecule has 0 aromatic heterocycles. The minimum atomic E-state index is -4.65. The number of ether oxygens (including phenoxy) is 3. The van der Waals surface area contributed by atoms with Crippen molar-refractivity contribution in [2.75, 3.05) is 26.5 Å². The number of carbonyl (C=O) groups is 3. The van der Waals surface area contributed by atoms with Crippen molar-refractivity contribution in [2.45, 2.75) is 45.9 Å². The predicted octanol–water partition coefficient (Wildman–Crippen LogP) is 5.66. The number of methoxy groups -OCH3 is 1. The summed E-state index contributed by atoms with van der Waals surface area (Å²) in [7, 11) is 4.61. The van der Waals surface area contributed by atoms with Crippen molar-refractivity contribution < 1.29 is 41.8 Å². The number of anilines is 1. The van der Waals surface area contributed by atoms with Crippen LogP contribution in [0.1, 0.15) is 52.4 Å². The molecule has 0 saturated carbocycles. The Labute approximate surface area is 218 Å². The molecule has 2 aromatic carbocycles. The van der Waals surface area contributed by atoms with Crippen molar-refractivity contribution in [3.63, 3.8) is 0 Å². The maximum absolute atomic E-state index is 13.2. The molecule has 2 amide bonds. The highest BCUT2D eigenvalue weighted by atomic mass is 19.4. The first-order valence-corrected chi connectivity index (χ1v) is 11.7. The van der Waals surface area contributed by atoms with Gasteiger partial charge in [-0.2, -0.15) is 13.2 Å². The van der Waals surface area contributed by atoms with Gasteiger partial charge >= 0.3 is 24.1 Å². The van der Waals surface area contributed by atoms with Gasteiger partial charge in [-0.05, 0) is 44.4 Å². The van der Waals surface area contributed by atoms with Crippen LogP contribution in [0.5, 0.6) is 11.5 Å². The van der Waals surface area contributed by atoms with Crippen molar-refractivity contribution in [1.29, 1.82) is 0 Å². The SMILES string of the molecule is COc1c(C)c2c(c(NC(=O)N(C)C)c1CC=C(C)CCC(=O)Oc1ccccc1C(F)(F)F)C(=O)OC2. The number of esters is 2. The van der Waals surface area contributed by atoms with Gasteiger partial charge in [-0.25, -0.2) is 9.59 Å². The van der Waals surface area contributed by atoms with Gasteiger partial charge in [-0.15, -0.1) is 0 Å². The van der Waals surface area contributed by atoms with Crippen LogP contribution in [0.15, 0.2) is 35.9 Å². The van der Waals surface area contributed by atoms with Crippen LogP contribution >= 0.6 is 0 Å². The lowest BCUT2D eigenvalue weighted by atomic mass is 9.93. The Balaban J connectivity index is 1.81. The van der Waals surface area contributed by atoms with Gasteiger partial charge in [0.2, 0.25) is 0 Å². The highest BCUT2D eigenvalue weighted by molar-refractivity contribution is 6.05. The maximum Gasteiger partial charge on any atom is 0.419 e. The molecule has 3 rings (SSSR count). The molecule has 0 atom stereocenters. The number of allylic oxidation sites excluding steroid dienone is 2. The van der Waals surface area contributed by atoms with Crippen LogP contribution < -0.4 is 14.8 Å². The number of cyclic esters (lactones) is 1. The molecule has 2 aromatic rings. The zero-order valence-corrected chi connectivity index (χ0v) is 21.7. The average molecular weight is 535 g/mol. The Bertz CT molecular complexity index is 1280. The lowest BCUT2D eigenvalue weighted by molar-refractivity contribution is -0.142. The number of amides is 2. The van der Waals surface area contributed by atoms with Crippen molar-refractivity contribution in [3.8, 4) is 11.5 Å². The number of fused-ring (bicyclic) bond motifs is 1. The lowest BCUT2D eigenvalue weighted by Crippen LogP contribution is -2.29. The summed E-state index contributed by atoms with van der Waals surface area (Å²) < 4.78 is 55.3. The third kappa shape index (κ3) is 6.27. The zero-order valence-electron chi connectivity index (χ0n) is 21.7. The summed E-state index contributed by atoms with van der Waals surface area (Å²) in [5.74, 6) is -1.41. The molecule has 1 aliphatic rings. The average Bonchev–Trinajstić information content (AvgIpc) is 3.24. The van der Waals surface area contributed by atoms with Crippen LogP contribution in [-0.4, -0.2) is 44.1 Å². The summed E-state index contributed by atoms with van der Waals surface area (Å²) in [5.41, 5.74) is 2.18. The van der Waals surface area contributed by atoms with Gasteiger partial charge in [0.25, 0.3) is 0 Å². The van der Waals surface area contributed by atoms with Gasteiger partial charge in [0, 0.05) is 31.6 Å². The third-order valence-corrected chi connectivity index (χ3v) is 6.11. The van der Waals surface area contributed by atoms with E-state index in [2.05, 4.69) is 5.32 Å². The second-order valence-corrected chi connectivity index (χ2v) is 8.99. The molecule has 0 radical (unpaired) electrons. The molecular formula is C27H29F3N2O6. The molecule has 0 aliphatic carbocycles. The van der Waals surface area contributed by atoms with Crippen LogP contribution in [0, 0.1) is 6.92 Å². The molecule has 0 fully saturated rings. The fourth-order valence-electron chi connectivity index (χ4n) is 4.05. The van der Waals surface area contributed by atoms with Crippen LogP contribution in [-0.2, 0) is 28.7 Å².